The summed E-state index contributed by atoms with van der Waals surface area (Å²) in [5, 5.41) is 14.0. The first-order valence-corrected chi connectivity index (χ1v) is 6.38. The molecule has 0 radical (unpaired) electrons. The maximum Gasteiger partial charge on any atom is 0.303 e. The molecule has 17 heavy (non-hydrogen) atoms. The second-order valence-corrected chi connectivity index (χ2v) is 4.69. The number of aromatic nitrogens is 1. The Bertz CT molecular complexity index is 365. The average molecular weight is 256 g/mol. The zero-order valence-electron chi connectivity index (χ0n) is 9.68. The number of nitrogens with zero attached hydrogens (tertiary/aromatic N) is 1. The Hall–Kier alpha value is -1.43. The average Bonchev–Trinajstić information content (AvgIpc) is 2.77. The fourth-order valence-corrected chi connectivity index (χ4v) is 2.03. The van der Waals surface area contributed by atoms with E-state index in [4.69, 9.17) is 5.11 Å². The molecule has 1 aromatic heterocycles. The van der Waals surface area contributed by atoms with Crippen LogP contribution < -0.4 is 5.32 Å². The maximum atomic E-state index is 11.5. The SMILES string of the molecule is CC(NC(=O)CCCCC(=O)O)c1nccs1. The van der Waals surface area contributed by atoms with Gasteiger partial charge in [0.15, 0.2) is 0 Å². The summed E-state index contributed by atoms with van der Waals surface area (Å²) in [6.45, 7) is 1.88. The highest BCUT2D eigenvalue weighted by atomic mass is 32.1. The molecule has 1 aromatic rings. The summed E-state index contributed by atoms with van der Waals surface area (Å²) in [4.78, 5) is 25.9. The summed E-state index contributed by atoms with van der Waals surface area (Å²) in [6, 6.07) is -0.0815. The molecular formula is C11H16N2O3S. The van der Waals surface area contributed by atoms with Crippen LogP contribution in [0.2, 0.25) is 0 Å². The van der Waals surface area contributed by atoms with Gasteiger partial charge in [-0.3, -0.25) is 9.59 Å². The predicted molar refractivity (Wildman–Crippen MR) is 64.8 cm³/mol. The number of carboxylic acid groups (broad SMARTS) is 1. The summed E-state index contributed by atoms with van der Waals surface area (Å²) < 4.78 is 0. The molecule has 1 unspecified atom stereocenters. The van der Waals surface area contributed by atoms with Crippen LogP contribution in [-0.4, -0.2) is 22.0 Å². The van der Waals surface area contributed by atoms with Crippen LogP contribution in [0.3, 0.4) is 0 Å². The third-order valence-electron chi connectivity index (χ3n) is 2.24. The minimum Gasteiger partial charge on any atom is -0.481 e. The smallest absolute Gasteiger partial charge is 0.303 e. The molecule has 0 aromatic carbocycles. The van der Waals surface area contributed by atoms with Gasteiger partial charge in [0.25, 0.3) is 0 Å². The standard InChI is InChI=1S/C11H16N2O3S/c1-8(11-12-6-7-17-11)13-9(14)4-2-3-5-10(15)16/h6-8H,2-5H2,1H3,(H,13,14)(H,15,16). The molecule has 0 aliphatic rings. The van der Waals surface area contributed by atoms with Gasteiger partial charge in [-0.1, -0.05) is 0 Å². The van der Waals surface area contributed by atoms with Crippen molar-refractivity contribution >= 4 is 23.2 Å². The second kappa shape index (κ2) is 7.01. The Labute approximate surface area is 104 Å². The van der Waals surface area contributed by atoms with Crippen LogP contribution in [0.4, 0.5) is 0 Å². The van der Waals surface area contributed by atoms with E-state index in [-0.39, 0.29) is 18.4 Å². The largest absolute Gasteiger partial charge is 0.481 e. The highest BCUT2D eigenvalue weighted by Gasteiger charge is 2.11. The van der Waals surface area contributed by atoms with Crippen molar-refractivity contribution in [1.82, 2.24) is 10.3 Å². The van der Waals surface area contributed by atoms with Crippen molar-refractivity contribution < 1.29 is 14.7 Å². The minimum absolute atomic E-state index is 0.0573. The van der Waals surface area contributed by atoms with Crippen molar-refractivity contribution in [2.75, 3.05) is 0 Å². The zero-order valence-corrected chi connectivity index (χ0v) is 10.5. The van der Waals surface area contributed by atoms with E-state index < -0.39 is 5.97 Å². The van der Waals surface area contributed by atoms with Crippen LogP contribution in [0, 0.1) is 0 Å². The maximum absolute atomic E-state index is 11.5. The second-order valence-electron chi connectivity index (χ2n) is 3.76. The van der Waals surface area contributed by atoms with Crippen LogP contribution in [0.1, 0.15) is 43.7 Å². The summed E-state index contributed by atoms with van der Waals surface area (Å²) in [5.41, 5.74) is 0. The Morgan fingerprint density at radius 2 is 2.18 bits per heavy atom. The third-order valence-corrected chi connectivity index (χ3v) is 3.20. The van der Waals surface area contributed by atoms with Gasteiger partial charge in [0.2, 0.25) is 5.91 Å². The van der Waals surface area contributed by atoms with E-state index in [1.54, 1.807) is 6.20 Å². The van der Waals surface area contributed by atoms with Gasteiger partial charge >= 0.3 is 5.97 Å². The Morgan fingerprint density at radius 3 is 2.76 bits per heavy atom. The molecule has 1 amide bonds. The van der Waals surface area contributed by atoms with Gasteiger partial charge in [0.1, 0.15) is 5.01 Å². The number of nitrogens with one attached hydrogen (secondary N) is 1. The molecular weight excluding hydrogens is 240 g/mol. The van der Waals surface area contributed by atoms with E-state index in [1.807, 2.05) is 12.3 Å². The highest BCUT2D eigenvalue weighted by Crippen LogP contribution is 2.14. The number of hydrogen-bond acceptors (Lipinski definition) is 4. The quantitative estimate of drug-likeness (QED) is 0.731. The highest BCUT2D eigenvalue weighted by molar-refractivity contribution is 7.09. The molecule has 0 spiro atoms. The van der Waals surface area contributed by atoms with Crippen molar-refractivity contribution in [2.45, 2.75) is 38.6 Å². The van der Waals surface area contributed by atoms with Gasteiger partial charge in [0.05, 0.1) is 6.04 Å². The van der Waals surface area contributed by atoms with Gasteiger partial charge in [-0.2, -0.15) is 0 Å². The van der Waals surface area contributed by atoms with E-state index in [0.717, 1.165) is 5.01 Å². The lowest BCUT2D eigenvalue weighted by atomic mass is 10.2. The number of amides is 1. The number of aliphatic carboxylic acids is 1. The van der Waals surface area contributed by atoms with Gasteiger partial charge < -0.3 is 10.4 Å². The molecule has 0 saturated carbocycles. The number of hydrogen-bond donors (Lipinski definition) is 2. The molecule has 0 aliphatic carbocycles. The Balaban J connectivity index is 2.19. The summed E-state index contributed by atoms with van der Waals surface area (Å²) in [5.74, 6) is -0.875. The summed E-state index contributed by atoms with van der Waals surface area (Å²) in [7, 11) is 0. The molecule has 2 N–H and O–H groups in total. The lowest BCUT2D eigenvalue weighted by Gasteiger charge is -2.10. The van der Waals surface area contributed by atoms with Crippen LogP contribution >= 0.6 is 11.3 Å². The van der Waals surface area contributed by atoms with E-state index in [9.17, 15) is 9.59 Å². The van der Waals surface area contributed by atoms with Crippen molar-refractivity contribution in [3.63, 3.8) is 0 Å². The molecule has 0 aliphatic heterocycles. The lowest BCUT2D eigenvalue weighted by molar-refractivity contribution is -0.137. The van der Waals surface area contributed by atoms with Crippen molar-refractivity contribution in [3.05, 3.63) is 16.6 Å². The number of thiazole rings is 1. The third kappa shape index (κ3) is 5.44. The first kappa shape index (κ1) is 13.6. The fourth-order valence-electron chi connectivity index (χ4n) is 1.39. The van der Waals surface area contributed by atoms with Gasteiger partial charge in [-0.05, 0) is 19.8 Å². The minimum atomic E-state index is -0.818. The molecule has 94 valence electrons. The molecule has 6 heteroatoms. The van der Waals surface area contributed by atoms with E-state index in [1.165, 1.54) is 11.3 Å². The number of carbonyl (C=O) groups excluding carboxylic acids is 1. The van der Waals surface area contributed by atoms with Gasteiger partial charge in [0, 0.05) is 24.4 Å². The molecule has 5 nitrogen and oxygen atoms in total. The molecule has 1 rings (SSSR count). The first-order chi connectivity index (χ1) is 8.09. The van der Waals surface area contributed by atoms with E-state index >= 15 is 0 Å². The summed E-state index contributed by atoms with van der Waals surface area (Å²) in [6.07, 6.45) is 3.32. The van der Waals surface area contributed by atoms with Crippen LogP contribution in [0.15, 0.2) is 11.6 Å². The molecule has 0 fully saturated rings. The summed E-state index contributed by atoms with van der Waals surface area (Å²) >= 11 is 1.50. The molecule has 0 saturated heterocycles. The topological polar surface area (TPSA) is 79.3 Å². The van der Waals surface area contributed by atoms with Crippen molar-refractivity contribution in [1.29, 1.82) is 0 Å². The van der Waals surface area contributed by atoms with E-state index in [2.05, 4.69) is 10.3 Å². The normalized spacial score (nSPS) is 12.1. The number of rotatable bonds is 7. The predicted octanol–water partition coefficient (Wildman–Crippen LogP) is 1.97. The monoisotopic (exact) mass is 256 g/mol. The lowest BCUT2D eigenvalue weighted by Crippen LogP contribution is -2.26. The first-order valence-electron chi connectivity index (χ1n) is 5.50. The van der Waals surface area contributed by atoms with Crippen LogP contribution in [0.5, 0.6) is 0 Å². The zero-order chi connectivity index (χ0) is 12.7. The van der Waals surface area contributed by atoms with Crippen LogP contribution in [0.25, 0.3) is 0 Å². The van der Waals surface area contributed by atoms with Crippen molar-refractivity contribution in [2.24, 2.45) is 0 Å². The number of carboxylic acids is 1. The molecule has 0 bridgehead atoms. The van der Waals surface area contributed by atoms with E-state index in [0.29, 0.717) is 19.3 Å². The van der Waals surface area contributed by atoms with Crippen molar-refractivity contribution in [3.8, 4) is 0 Å². The fraction of sp³-hybridized carbons (Fsp3) is 0.545. The van der Waals surface area contributed by atoms with Gasteiger partial charge in [-0.25, -0.2) is 4.98 Å². The molecule has 1 heterocycles. The Kier molecular flexibility index (Phi) is 5.62. The Morgan fingerprint density at radius 1 is 1.47 bits per heavy atom. The number of unbranched alkanes of at least 4 members (excludes halogenated alkanes) is 1. The number of carbonyl (C=O) groups is 2. The van der Waals surface area contributed by atoms with Gasteiger partial charge in [-0.15, -0.1) is 11.3 Å². The molecule has 1 atom stereocenters. The van der Waals surface area contributed by atoms with Crippen LogP contribution in [-0.2, 0) is 9.59 Å².